The molecule has 8 nitrogen and oxygen atoms in total. The maximum absolute atomic E-state index is 12.4. The number of urea groups is 1. The van der Waals surface area contributed by atoms with Gasteiger partial charge in [-0.05, 0) is 54.1 Å². The first kappa shape index (κ1) is 19.5. The Hall–Kier alpha value is -3.85. The molecule has 1 heterocycles. The molecule has 0 fully saturated rings. The number of nitrogens with one attached hydrogen (secondary N) is 3. The Morgan fingerprint density at radius 2 is 1.53 bits per heavy atom. The molecule has 0 atom stereocenters. The van der Waals surface area contributed by atoms with Crippen molar-refractivity contribution in [2.75, 3.05) is 15.4 Å². The molecule has 0 bridgehead atoms. The molecule has 9 heteroatoms. The number of amides is 2. The third-order valence-corrected chi connectivity index (χ3v) is 5.67. The van der Waals surface area contributed by atoms with Gasteiger partial charge in [0, 0.05) is 17.4 Å². The summed E-state index contributed by atoms with van der Waals surface area (Å²) in [6, 6.07) is 20.3. The predicted molar refractivity (Wildman–Crippen MR) is 115 cm³/mol. The number of hydrogen-bond acceptors (Lipinski definition) is 5. The van der Waals surface area contributed by atoms with Crippen LogP contribution in [-0.4, -0.2) is 19.6 Å². The molecule has 3 aromatic carbocycles. The van der Waals surface area contributed by atoms with Crippen LogP contribution in [0.1, 0.15) is 5.76 Å². The normalized spacial score (nSPS) is 11.2. The Morgan fingerprint density at radius 1 is 0.867 bits per heavy atom. The van der Waals surface area contributed by atoms with E-state index in [9.17, 15) is 13.2 Å². The second-order valence-electron chi connectivity index (χ2n) is 6.59. The smallest absolute Gasteiger partial charge is 0.323 e. The highest BCUT2D eigenvalue weighted by Crippen LogP contribution is 2.20. The van der Waals surface area contributed by atoms with E-state index in [4.69, 9.17) is 4.52 Å². The van der Waals surface area contributed by atoms with Gasteiger partial charge in [0.2, 0.25) is 0 Å². The zero-order valence-corrected chi connectivity index (χ0v) is 16.7. The lowest BCUT2D eigenvalue weighted by Gasteiger charge is -2.10. The van der Waals surface area contributed by atoms with Gasteiger partial charge < -0.3 is 15.2 Å². The van der Waals surface area contributed by atoms with Crippen molar-refractivity contribution in [2.24, 2.45) is 0 Å². The first-order chi connectivity index (χ1) is 14.4. The van der Waals surface area contributed by atoms with E-state index in [0.717, 1.165) is 10.8 Å². The first-order valence-electron chi connectivity index (χ1n) is 9.02. The molecule has 4 rings (SSSR count). The van der Waals surface area contributed by atoms with Crippen LogP contribution < -0.4 is 15.4 Å². The van der Waals surface area contributed by atoms with Gasteiger partial charge in [-0.25, -0.2) is 13.2 Å². The van der Waals surface area contributed by atoms with Gasteiger partial charge in [0.25, 0.3) is 10.0 Å². The highest BCUT2D eigenvalue weighted by Gasteiger charge is 2.16. The van der Waals surface area contributed by atoms with E-state index in [1.54, 1.807) is 6.92 Å². The standard InChI is InChI=1S/C21H18N4O4S/c1-14-12-20(24-29-14)25-30(27,28)19-10-8-17(9-11-19)22-21(26)23-18-7-6-15-4-2-3-5-16(15)13-18/h2-13H,1H3,(H,24,25)(H2,22,23,26). The lowest BCUT2D eigenvalue weighted by molar-refractivity contribution is 0.262. The molecule has 0 aliphatic carbocycles. The van der Waals surface area contributed by atoms with Gasteiger partial charge in [0.15, 0.2) is 5.82 Å². The molecule has 4 aromatic rings. The molecule has 152 valence electrons. The second kappa shape index (κ2) is 7.88. The van der Waals surface area contributed by atoms with Crippen LogP contribution in [-0.2, 0) is 10.0 Å². The second-order valence-corrected chi connectivity index (χ2v) is 8.28. The van der Waals surface area contributed by atoms with Crippen molar-refractivity contribution in [2.45, 2.75) is 11.8 Å². The molecule has 0 spiro atoms. The van der Waals surface area contributed by atoms with E-state index >= 15 is 0 Å². The van der Waals surface area contributed by atoms with Gasteiger partial charge in [-0.2, -0.15) is 0 Å². The molecule has 0 aliphatic heterocycles. The number of rotatable bonds is 5. The van der Waals surface area contributed by atoms with Crippen LogP contribution in [0, 0.1) is 6.92 Å². The summed E-state index contributed by atoms with van der Waals surface area (Å²) in [5.41, 5.74) is 1.10. The number of sulfonamides is 1. The molecule has 0 unspecified atom stereocenters. The van der Waals surface area contributed by atoms with Crippen LogP contribution >= 0.6 is 0 Å². The Labute approximate surface area is 172 Å². The number of aromatic nitrogens is 1. The Balaban J connectivity index is 1.41. The molecule has 0 saturated carbocycles. The minimum atomic E-state index is -3.82. The monoisotopic (exact) mass is 422 g/mol. The minimum Gasteiger partial charge on any atom is -0.360 e. The zero-order valence-electron chi connectivity index (χ0n) is 15.9. The fourth-order valence-corrected chi connectivity index (χ4v) is 3.87. The number of hydrogen-bond donors (Lipinski definition) is 3. The van der Waals surface area contributed by atoms with Crippen LogP contribution in [0.15, 0.2) is 82.2 Å². The van der Waals surface area contributed by atoms with Crippen LogP contribution in [0.4, 0.5) is 22.0 Å². The Kier molecular flexibility index (Phi) is 5.11. The number of carbonyl (C=O) groups is 1. The fraction of sp³-hybridized carbons (Fsp3) is 0.0476. The van der Waals surface area contributed by atoms with Crippen molar-refractivity contribution in [1.82, 2.24) is 5.16 Å². The Bertz CT molecular complexity index is 1310. The van der Waals surface area contributed by atoms with Crippen LogP contribution in [0.3, 0.4) is 0 Å². The average Bonchev–Trinajstić information content (AvgIpc) is 3.12. The fourth-order valence-electron chi connectivity index (χ4n) is 2.89. The van der Waals surface area contributed by atoms with Crippen LogP contribution in [0.25, 0.3) is 10.8 Å². The van der Waals surface area contributed by atoms with Crippen molar-refractivity contribution in [3.8, 4) is 0 Å². The topological polar surface area (TPSA) is 113 Å². The number of anilines is 3. The maximum Gasteiger partial charge on any atom is 0.323 e. The highest BCUT2D eigenvalue weighted by molar-refractivity contribution is 7.92. The van der Waals surface area contributed by atoms with E-state index in [0.29, 0.717) is 17.1 Å². The number of nitrogens with zero attached hydrogens (tertiary/aromatic N) is 1. The summed E-state index contributed by atoms with van der Waals surface area (Å²) in [6.45, 7) is 1.66. The van der Waals surface area contributed by atoms with Gasteiger partial charge in [0.05, 0.1) is 4.90 Å². The summed E-state index contributed by atoms with van der Waals surface area (Å²) >= 11 is 0. The van der Waals surface area contributed by atoms with Gasteiger partial charge in [0.1, 0.15) is 5.76 Å². The first-order valence-corrected chi connectivity index (χ1v) is 10.5. The number of fused-ring (bicyclic) bond motifs is 1. The van der Waals surface area contributed by atoms with Crippen molar-refractivity contribution >= 4 is 44.0 Å². The molecular formula is C21H18N4O4S. The summed E-state index contributed by atoms with van der Waals surface area (Å²) in [5.74, 6) is 0.592. The van der Waals surface area contributed by atoms with Crippen molar-refractivity contribution in [3.63, 3.8) is 0 Å². The molecule has 2 amide bonds. The summed E-state index contributed by atoms with van der Waals surface area (Å²) in [5, 5.41) is 11.1. The number of carbonyl (C=O) groups excluding carboxylic acids is 1. The average molecular weight is 422 g/mol. The van der Waals surface area contributed by atoms with Gasteiger partial charge in [-0.1, -0.05) is 35.5 Å². The van der Waals surface area contributed by atoms with E-state index in [1.807, 2.05) is 42.5 Å². The lowest BCUT2D eigenvalue weighted by atomic mass is 10.1. The summed E-state index contributed by atoms with van der Waals surface area (Å²) in [6.07, 6.45) is 0. The van der Waals surface area contributed by atoms with E-state index in [2.05, 4.69) is 20.5 Å². The number of aryl methyl sites for hydroxylation is 1. The number of benzene rings is 3. The molecule has 0 radical (unpaired) electrons. The minimum absolute atomic E-state index is 0.0311. The zero-order chi connectivity index (χ0) is 21.1. The maximum atomic E-state index is 12.4. The molecule has 0 saturated heterocycles. The molecule has 30 heavy (non-hydrogen) atoms. The quantitative estimate of drug-likeness (QED) is 0.436. The lowest BCUT2D eigenvalue weighted by Crippen LogP contribution is -2.19. The Morgan fingerprint density at radius 3 is 2.23 bits per heavy atom. The van der Waals surface area contributed by atoms with Gasteiger partial charge >= 0.3 is 6.03 Å². The summed E-state index contributed by atoms with van der Waals surface area (Å²) in [4.78, 5) is 12.3. The van der Waals surface area contributed by atoms with Crippen molar-refractivity contribution < 1.29 is 17.7 Å². The van der Waals surface area contributed by atoms with Gasteiger partial charge in [-0.3, -0.25) is 4.72 Å². The third kappa shape index (κ3) is 4.41. The van der Waals surface area contributed by atoms with E-state index < -0.39 is 16.1 Å². The molecule has 3 N–H and O–H groups in total. The molecule has 0 aliphatic rings. The van der Waals surface area contributed by atoms with E-state index in [-0.39, 0.29) is 10.7 Å². The van der Waals surface area contributed by atoms with Gasteiger partial charge in [-0.15, -0.1) is 0 Å². The highest BCUT2D eigenvalue weighted by atomic mass is 32.2. The van der Waals surface area contributed by atoms with Crippen LogP contribution in [0.5, 0.6) is 0 Å². The van der Waals surface area contributed by atoms with Crippen molar-refractivity contribution in [3.05, 3.63) is 78.6 Å². The third-order valence-electron chi connectivity index (χ3n) is 4.30. The molecular weight excluding hydrogens is 404 g/mol. The van der Waals surface area contributed by atoms with Crippen molar-refractivity contribution in [1.29, 1.82) is 0 Å². The van der Waals surface area contributed by atoms with Crippen LogP contribution in [0.2, 0.25) is 0 Å². The largest absolute Gasteiger partial charge is 0.360 e. The predicted octanol–water partition coefficient (Wildman–Crippen LogP) is 4.58. The summed E-state index contributed by atoms with van der Waals surface area (Å²) < 4.78 is 32.0. The molecule has 1 aromatic heterocycles. The SMILES string of the molecule is Cc1cc(NS(=O)(=O)c2ccc(NC(=O)Nc3ccc4ccccc4c3)cc2)no1. The summed E-state index contributed by atoms with van der Waals surface area (Å²) in [7, 11) is -3.82. The van der Waals surface area contributed by atoms with E-state index in [1.165, 1.54) is 30.3 Å².